The van der Waals surface area contributed by atoms with Crippen molar-refractivity contribution in [3.63, 3.8) is 0 Å². The average molecular weight is 218 g/mol. The number of amides is 1. The molecule has 1 aromatic rings. The smallest absolute Gasteiger partial charge is 0.264 e. The second-order valence-electron chi connectivity index (χ2n) is 3.80. The van der Waals surface area contributed by atoms with E-state index in [0.29, 0.717) is 23.8 Å². The van der Waals surface area contributed by atoms with Crippen LogP contribution in [0.4, 0.5) is 0 Å². The molecule has 0 unspecified atom stereocenters. The minimum atomic E-state index is -0.419. The predicted octanol–water partition coefficient (Wildman–Crippen LogP) is 1.93. The molecule has 0 saturated carbocycles. The van der Waals surface area contributed by atoms with Gasteiger partial charge in [-0.05, 0) is 24.1 Å². The van der Waals surface area contributed by atoms with Crippen molar-refractivity contribution in [2.45, 2.75) is 13.8 Å². The number of rotatable bonds is 4. The first-order valence-corrected chi connectivity index (χ1v) is 5.05. The Morgan fingerprint density at radius 1 is 1.56 bits per heavy atom. The lowest BCUT2D eigenvalue weighted by molar-refractivity contribution is 0.0972. The lowest BCUT2D eigenvalue weighted by Gasteiger charge is -2.09. The fourth-order valence-electron chi connectivity index (χ4n) is 1.11. The molecule has 0 heterocycles. The van der Waals surface area contributed by atoms with Crippen LogP contribution in [-0.4, -0.2) is 12.5 Å². The first-order valence-electron chi connectivity index (χ1n) is 5.05. The van der Waals surface area contributed by atoms with E-state index in [1.165, 1.54) is 0 Å². The topological polar surface area (TPSA) is 62.1 Å². The predicted molar refractivity (Wildman–Crippen MR) is 59.9 cm³/mol. The minimum Gasteiger partial charge on any atom is -0.493 e. The Bertz CT molecular complexity index is 408. The van der Waals surface area contributed by atoms with Gasteiger partial charge in [-0.1, -0.05) is 19.9 Å². The van der Waals surface area contributed by atoms with E-state index in [4.69, 9.17) is 10.00 Å². The van der Waals surface area contributed by atoms with Gasteiger partial charge in [0.15, 0.2) is 6.19 Å². The van der Waals surface area contributed by atoms with Crippen LogP contribution in [0.5, 0.6) is 5.75 Å². The number of hydrogen-bond donors (Lipinski definition) is 1. The van der Waals surface area contributed by atoms with Crippen molar-refractivity contribution in [3.8, 4) is 11.9 Å². The third-order valence-corrected chi connectivity index (χ3v) is 1.85. The van der Waals surface area contributed by atoms with Gasteiger partial charge in [-0.15, -0.1) is 0 Å². The largest absolute Gasteiger partial charge is 0.493 e. The van der Waals surface area contributed by atoms with E-state index in [2.05, 4.69) is 5.32 Å². The normalized spacial score (nSPS) is 9.62. The van der Waals surface area contributed by atoms with Crippen LogP contribution in [0, 0.1) is 17.4 Å². The zero-order valence-corrected chi connectivity index (χ0v) is 9.36. The van der Waals surface area contributed by atoms with Crippen LogP contribution < -0.4 is 10.1 Å². The van der Waals surface area contributed by atoms with Gasteiger partial charge < -0.3 is 4.74 Å². The summed E-state index contributed by atoms with van der Waals surface area (Å²) in [5, 5.41) is 10.4. The van der Waals surface area contributed by atoms with E-state index < -0.39 is 5.91 Å². The third-order valence-electron chi connectivity index (χ3n) is 1.85. The van der Waals surface area contributed by atoms with Gasteiger partial charge in [0.2, 0.25) is 0 Å². The summed E-state index contributed by atoms with van der Waals surface area (Å²) in [6.45, 7) is 4.70. The molecule has 4 heteroatoms. The van der Waals surface area contributed by atoms with E-state index in [9.17, 15) is 4.79 Å². The Morgan fingerprint density at radius 2 is 2.31 bits per heavy atom. The van der Waals surface area contributed by atoms with Crippen LogP contribution in [0.25, 0.3) is 0 Å². The number of ether oxygens (including phenoxy) is 1. The molecule has 84 valence electrons. The molecular weight excluding hydrogens is 204 g/mol. The first kappa shape index (κ1) is 12.1. The van der Waals surface area contributed by atoms with Crippen molar-refractivity contribution in [2.75, 3.05) is 6.61 Å². The summed E-state index contributed by atoms with van der Waals surface area (Å²) in [5.41, 5.74) is 0.419. The van der Waals surface area contributed by atoms with Gasteiger partial charge in [-0.2, -0.15) is 5.26 Å². The molecule has 4 nitrogen and oxygen atoms in total. The van der Waals surface area contributed by atoms with Crippen LogP contribution in [-0.2, 0) is 0 Å². The highest BCUT2D eigenvalue weighted by Crippen LogP contribution is 2.14. The fraction of sp³-hybridized carbons (Fsp3) is 0.333. The van der Waals surface area contributed by atoms with Crippen molar-refractivity contribution in [3.05, 3.63) is 29.8 Å². The maximum Gasteiger partial charge on any atom is 0.264 e. The molecule has 0 spiro atoms. The van der Waals surface area contributed by atoms with Crippen molar-refractivity contribution in [1.29, 1.82) is 5.26 Å². The van der Waals surface area contributed by atoms with Crippen molar-refractivity contribution in [2.24, 2.45) is 5.92 Å². The van der Waals surface area contributed by atoms with Gasteiger partial charge in [0.05, 0.1) is 6.61 Å². The fourth-order valence-corrected chi connectivity index (χ4v) is 1.11. The summed E-state index contributed by atoms with van der Waals surface area (Å²) < 4.78 is 5.47. The monoisotopic (exact) mass is 218 g/mol. The molecule has 16 heavy (non-hydrogen) atoms. The Kier molecular flexibility index (Phi) is 4.34. The summed E-state index contributed by atoms with van der Waals surface area (Å²) in [6, 6.07) is 6.76. The zero-order chi connectivity index (χ0) is 12.0. The van der Waals surface area contributed by atoms with Crippen LogP contribution in [0.3, 0.4) is 0 Å². The second-order valence-corrected chi connectivity index (χ2v) is 3.80. The number of carbonyl (C=O) groups is 1. The van der Waals surface area contributed by atoms with Gasteiger partial charge in [-0.3, -0.25) is 10.1 Å². The lowest BCUT2D eigenvalue weighted by atomic mass is 10.2. The van der Waals surface area contributed by atoms with E-state index in [1.807, 2.05) is 13.8 Å². The van der Waals surface area contributed by atoms with Gasteiger partial charge in [0.1, 0.15) is 5.75 Å². The number of benzene rings is 1. The summed E-state index contributed by atoms with van der Waals surface area (Å²) in [6.07, 6.45) is 1.60. The van der Waals surface area contributed by atoms with Gasteiger partial charge in [0.25, 0.3) is 5.91 Å². The zero-order valence-electron chi connectivity index (χ0n) is 9.36. The number of nitrogens with one attached hydrogen (secondary N) is 1. The highest BCUT2D eigenvalue weighted by molar-refractivity contribution is 5.95. The molecule has 1 rings (SSSR count). The maximum atomic E-state index is 11.3. The van der Waals surface area contributed by atoms with Crippen molar-refractivity contribution < 1.29 is 9.53 Å². The average Bonchev–Trinajstić information content (AvgIpc) is 2.27. The van der Waals surface area contributed by atoms with E-state index in [0.717, 1.165) is 0 Å². The van der Waals surface area contributed by atoms with Crippen LogP contribution >= 0.6 is 0 Å². The summed E-state index contributed by atoms with van der Waals surface area (Å²) in [4.78, 5) is 11.3. The number of nitriles is 1. The third kappa shape index (κ3) is 3.62. The van der Waals surface area contributed by atoms with E-state index >= 15 is 0 Å². The SMILES string of the molecule is CC(C)COc1cccc(C(=O)NC#N)c1. The molecule has 0 fully saturated rings. The Morgan fingerprint density at radius 3 is 2.94 bits per heavy atom. The number of nitrogens with zero attached hydrogens (tertiary/aromatic N) is 1. The molecule has 0 aliphatic carbocycles. The molecule has 0 saturated heterocycles. The van der Waals surface area contributed by atoms with Crippen LogP contribution in [0.15, 0.2) is 24.3 Å². The lowest BCUT2D eigenvalue weighted by Crippen LogP contribution is -2.17. The van der Waals surface area contributed by atoms with Crippen LogP contribution in [0.2, 0.25) is 0 Å². The molecule has 0 aliphatic heterocycles. The van der Waals surface area contributed by atoms with E-state index in [1.54, 1.807) is 30.5 Å². The van der Waals surface area contributed by atoms with Gasteiger partial charge >= 0.3 is 0 Å². The Balaban J connectivity index is 2.71. The molecule has 1 amide bonds. The summed E-state index contributed by atoms with van der Waals surface area (Å²) in [7, 11) is 0. The molecule has 0 radical (unpaired) electrons. The molecule has 0 atom stereocenters. The highest BCUT2D eigenvalue weighted by atomic mass is 16.5. The van der Waals surface area contributed by atoms with Crippen molar-refractivity contribution >= 4 is 5.91 Å². The molecule has 0 aromatic heterocycles. The van der Waals surface area contributed by atoms with Crippen molar-refractivity contribution in [1.82, 2.24) is 5.32 Å². The number of hydrogen-bond acceptors (Lipinski definition) is 3. The molecule has 0 bridgehead atoms. The summed E-state index contributed by atoms with van der Waals surface area (Å²) in [5.74, 6) is 0.647. The summed E-state index contributed by atoms with van der Waals surface area (Å²) >= 11 is 0. The Labute approximate surface area is 94.8 Å². The minimum absolute atomic E-state index is 0.419. The molecule has 1 aromatic carbocycles. The highest BCUT2D eigenvalue weighted by Gasteiger charge is 2.05. The van der Waals surface area contributed by atoms with Gasteiger partial charge in [-0.25, -0.2) is 0 Å². The standard InChI is InChI=1S/C12H14N2O2/c1-9(2)7-16-11-5-3-4-10(6-11)12(15)14-8-13/h3-6,9H,7H2,1-2H3,(H,14,15). The Hall–Kier alpha value is -2.02. The second kappa shape index (κ2) is 5.76. The molecule has 1 N–H and O–H groups in total. The number of carbonyl (C=O) groups excluding carboxylic acids is 1. The van der Waals surface area contributed by atoms with Gasteiger partial charge in [0, 0.05) is 5.56 Å². The first-order chi connectivity index (χ1) is 7.63. The van der Waals surface area contributed by atoms with E-state index in [-0.39, 0.29) is 0 Å². The van der Waals surface area contributed by atoms with Crippen LogP contribution in [0.1, 0.15) is 24.2 Å². The maximum absolute atomic E-state index is 11.3. The molecular formula is C12H14N2O2. The molecule has 0 aliphatic rings. The quantitative estimate of drug-likeness (QED) is 0.620.